The Balaban J connectivity index is 1.46. The number of carbonyl (C=O) groups excluding carboxylic acids is 1. The van der Waals surface area contributed by atoms with E-state index < -0.39 is 5.97 Å². The van der Waals surface area contributed by atoms with Crippen LogP contribution in [0.5, 0.6) is 0 Å². The first-order valence-electron chi connectivity index (χ1n) is 12.1. The van der Waals surface area contributed by atoms with E-state index >= 15 is 0 Å². The van der Waals surface area contributed by atoms with Crippen LogP contribution < -0.4 is 5.32 Å². The van der Waals surface area contributed by atoms with Crippen molar-refractivity contribution in [3.05, 3.63) is 65.2 Å². The van der Waals surface area contributed by atoms with Crippen LogP contribution >= 0.6 is 0 Å². The van der Waals surface area contributed by atoms with E-state index in [0.29, 0.717) is 30.8 Å². The number of nitrogens with one attached hydrogen (secondary N) is 1. The van der Waals surface area contributed by atoms with Gasteiger partial charge in [0, 0.05) is 18.8 Å². The Hall–Kier alpha value is -2.90. The van der Waals surface area contributed by atoms with Crippen molar-refractivity contribution in [3.63, 3.8) is 0 Å². The number of anilines is 1. The van der Waals surface area contributed by atoms with Crippen molar-refractivity contribution >= 4 is 17.7 Å². The highest BCUT2D eigenvalue weighted by Crippen LogP contribution is 2.25. The molecule has 2 N–H and O–H groups in total. The first-order valence-corrected chi connectivity index (χ1v) is 12.1. The molecule has 0 radical (unpaired) electrons. The van der Waals surface area contributed by atoms with Gasteiger partial charge in [0.15, 0.2) is 0 Å². The van der Waals surface area contributed by atoms with E-state index in [1.54, 1.807) is 17.9 Å². The lowest BCUT2D eigenvalue weighted by molar-refractivity contribution is -0.0522. The van der Waals surface area contributed by atoms with Gasteiger partial charge in [-0.05, 0) is 62.3 Å². The average molecular weight is 469 g/mol. The smallest absolute Gasteiger partial charge is 0.336 e. The van der Waals surface area contributed by atoms with E-state index in [4.69, 9.17) is 9.47 Å². The van der Waals surface area contributed by atoms with Gasteiger partial charge in [-0.3, -0.25) is 0 Å². The van der Waals surface area contributed by atoms with Gasteiger partial charge in [-0.2, -0.15) is 0 Å². The normalized spacial score (nSPS) is 17.8. The minimum Gasteiger partial charge on any atom is -0.478 e. The molecule has 1 saturated carbocycles. The van der Waals surface area contributed by atoms with Gasteiger partial charge < -0.3 is 24.8 Å². The van der Waals surface area contributed by atoms with Gasteiger partial charge in [-0.15, -0.1) is 0 Å². The van der Waals surface area contributed by atoms with E-state index in [0.717, 1.165) is 43.4 Å². The monoisotopic (exact) mass is 468 g/mol. The second-order valence-electron chi connectivity index (χ2n) is 8.79. The fourth-order valence-electron chi connectivity index (χ4n) is 4.41. The highest BCUT2D eigenvalue weighted by molar-refractivity contribution is 5.91. The molecule has 2 aromatic rings. The minimum atomic E-state index is -0.922. The molecule has 1 aliphatic carbocycles. The van der Waals surface area contributed by atoms with Gasteiger partial charge in [0.05, 0.1) is 31.0 Å². The number of urea groups is 1. The standard InChI is InChI=1S/C27H36N2O5/c1-3-15-29(27(32)28-22-11-5-4-6-12-22)16-17-33-23-13-8-14-24(18-23)34-19-21-10-7-9-20(2)25(21)26(30)31/h4-7,9-12,23-24H,3,8,13-19H2,1-2H3,(H,28,32)(H,30,31)/t23-,24?/m0/s1. The molecule has 0 aromatic heterocycles. The number of aryl methyl sites for hydroxylation is 1. The number of hydrogen-bond donors (Lipinski definition) is 2. The van der Waals surface area contributed by atoms with Crippen LogP contribution in [0.2, 0.25) is 0 Å². The summed E-state index contributed by atoms with van der Waals surface area (Å²) < 4.78 is 12.2. The lowest BCUT2D eigenvalue weighted by atomic mass is 9.94. The number of rotatable bonds is 11. The van der Waals surface area contributed by atoms with Crippen LogP contribution in [0.1, 0.15) is 60.5 Å². The van der Waals surface area contributed by atoms with Gasteiger partial charge in [-0.1, -0.05) is 43.3 Å². The van der Waals surface area contributed by atoms with Crippen molar-refractivity contribution in [2.24, 2.45) is 0 Å². The van der Waals surface area contributed by atoms with E-state index in [9.17, 15) is 14.7 Å². The number of carbonyl (C=O) groups is 2. The second-order valence-corrected chi connectivity index (χ2v) is 8.79. The third kappa shape index (κ3) is 7.57. The molecule has 1 fully saturated rings. The molecule has 7 nitrogen and oxygen atoms in total. The molecule has 2 aromatic carbocycles. The molecule has 1 unspecified atom stereocenters. The summed E-state index contributed by atoms with van der Waals surface area (Å²) in [6.07, 6.45) is 4.67. The first-order chi connectivity index (χ1) is 16.5. The summed E-state index contributed by atoms with van der Waals surface area (Å²) >= 11 is 0. The number of nitrogens with zero attached hydrogens (tertiary/aromatic N) is 1. The number of ether oxygens (including phenoxy) is 2. The van der Waals surface area contributed by atoms with E-state index in [2.05, 4.69) is 12.2 Å². The molecule has 0 heterocycles. The molecule has 2 amide bonds. The van der Waals surface area contributed by atoms with Crippen LogP contribution in [0, 0.1) is 6.92 Å². The summed E-state index contributed by atoms with van der Waals surface area (Å²) in [6.45, 7) is 5.81. The number of benzene rings is 2. The molecule has 3 rings (SSSR count). The Bertz CT molecular complexity index is 934. The largest absolute Gasteiger partial charge is 0.478 e. The molecule has 0 saturated heterocycles. The number of para-hydroxylation sites is 1. The Morgan fingerprint density at radius 1 is 1.03 bits per heavy atom. The van der Waals surface area contributed by atoms with Crippen molar-refractivity contribution in [2.45, 2.75) is 64.8 Å². The molecule has 34 heavy (non-hydrogen) atoms. The quantitative estimate of drug-likeness (QED) is 0.456. The lowest BCUT2D eigenvalue weighted by Gasteiger charge is -2.30. The number of aromatic carboxylic acids is 1. The summed E-state index contributed by atoms with van der Waals surface area (Å²) in [5.41, 5.74) is 2.55. The molecular weight excluding hydrogens is 432 g/mol. The predicted octanol–water partition coefficient (Wildman–Crippen LogP) is 5.48. The Kier molecular flexibility index (Phi) is 9.91. The van der Waals surface area contributed by atoms with Gasteiger partial charge in [0.1, 0.15) is 0 Å². The summed E-state index contributed by atoms with van der Waals surface area (Å²) in [5.74, 6) is -0.922. The van der Waals surface area contributed by atoms with E-state index in [1.165, 1.54) is 0 Å². The van der Waals surface area contributed by atoms with Crippen molar-refractivity contribution in [2.75, 3.05) is 25.0 Å². The molecule has 0 spiro atoms. The average Bonchev–Trinajstić information content (AvgIpc) is 2.83. The van der Waals surface area contributed by atoms with Crippen molar-refractivity contribution in [1.82, 2.24) is 4.90 Å². The maximum Gasteiger partial charge on any atom is 0.336 e. The maximum absolute atomic E-state index is 12.7. The molecule has 1 aliphatic rings. The fraction of sp³-hybridized carbons (Fsp3) is 0.481. The molecule has 184 valence electrons. The van der Waals surface area contributed by atoms with E-state index in [-0.39, 0.29) is 24.8 Å². The molecule has 0 aliphatic heterocycles. The Morgan fingerprint density at radius 2 is 1.76 bits per heavy atom. The Morgan fingerprint density at radius 3 is 2.47 bits per heavy atom. The molecule has 0 bridgehead atoms. The van der Waals surface area contributed by atoms with Crippen LogP contribution in [0.15, 0.2) is 48.5 Å². The number of amides is 2. The van der Waals surface area contributed by atoms with Gasteiger partial charge in [-0.25, -0.2) is 9.59 Å². The molecular formula is C27H36N2O5. The Labute approximate surface area is 202 Å². The van der Waals surface area contributed by atoms with Crippen molar-refractivity contribution in [3.8, 4) is 0 Å². The predicted molar refractivity (Wildman–Crippen MR) is 132 cm³/mol. The fourth-order valence-corrected chi connectivity index (χ4v) is 4.41. The zero-order chi connectivity index (χ0) is 24.3. The van der Waals surface area contributed by atoms with Crippen LogP contribution in [-0.4, -0.2) is 53.9 Å². The van der Waals surface area contributed by atoms with Crippen LogP contribution in [0.3, 0.4) is 0 Å². The zero-order valence-electron chi connectivity index (χ0n) is 20.2. The van der Waals surface area contributed by atoms with Crippen molar-refractivity contribution in [1.29, 1.82) is 0 Å². The minimum absolute atomic E-state index is 0.0361. The van der Waals surface area contributed by atoms with Crippen LogP contribution in [0.25, 0.3) is 0 Å². The lowest BCUT2D eigenvalue weighted by Crippen LogP contribution is -2.39. The first kappa shape index (κ1) is 25.7. The number of hydrogen-bond acceptors (Lipinski definition) is 4. The van der Waals surface area contributed by atoms with E-state index in [1.807, 2.05) is 42.5 Å². The van der Waals surface area contributed by atoms with Gasteiger partial charge in [0.2, 0.25) is 0 Å². The third-order valence-electron chi connectivity index (χ3n) is 6.15. The number of carboxylic acid groups (broad SMARTS) is 1. The highest BCUT2D eigenvalue weighted by Gasteiger charge is 2.24. The summed E-state index contributed by atoms with van der Waals surface area (Å²) in [4.78, 5) is 26.0. The van der Waals surface area contributed by atoms with Crippen LogP contribution in [-0.2, 0) is 16.1 Å². The zero-order valence-corrected chi connectivity index (χ0v) is 20.2. The maximum atomic E-state index is 12.7. The van der Waals surface area contributed by atoms with Gasteiger partial charge >= 0.3 is 12.0 Å². The van der Waals surface area contributed by atoms with Crippen molar-refractivity contribution < 1.29 is 24.2 Å². The topological polar surface area (TPSA) is 88.1 Å². The summed E-state index contributed by atoms with van der Waals surface area (Å²) in [7, 11) is 0. The molecule has 7 heteroatoms. The third-order valence-corrected chi connectivity index (χ3v) is 6.15. The molecule has 2 atom stereocenters. The summed E-state index contributed by atoms with van der Waals surface area (Å²) in [6, 6.07) is 14.8. The number of carboxylic acids is 1. The SMILES string of the molecule is CCCN(CCO[C@H]1CCCC(OCc2cccc(C)c2C(=O)O)C1)C(=O)Nc1ccccc1. The highest BCUT2D eigenvalue weighted by atomic mass is 16.5. The van der Waals surface area contributed by atoms with Gasteiger partial charge in [0.25, 0.3) is 0 Å². The van der Waals surface area contributed by atoms with Crippen LogP contribution in [0.4, 0.5) is 10.5 Å². The summed E-state index contributed by atoms with van der Waals surface area (Å²) in [5, 5.41) is 12.5. The second kappa shape index (κ2) is 13.1.